The lowest BCUT2D eigenvalue weighted by Gasteiger charge is -2.46. The summed E-state index contributed by atoms with van der Waals surface area (Å²) in [5, 5.41) is 9.57. The van der Waals surface area contributed by atoms with E-state index in [2.05, 4.69) is 11.9 Å². The number of pyridine rings is 1. The molecule has 1 aromatic rings. The molecule has 1 aromatic heterocycles. The van der Waals surface area contributed by atoms with Gasteiger partial charge in [-0.15, -0.1) is 0 Å². The number of anilines is 1. The number of urea groups is 1. The molecule has 3 rings (SSSR count). The van der Waals surface area contributed by atoms with Crippen molar-refractivity contribution < 1.29 is 19.5 Å². The van der Waals surface area contributed by atoms with Crippen molar-refractivity contribution in [3.8, 4) is 0 Å². The average Bonchev–Trinajstić information content (AvgIpc) is 2.63. The first-order valence-electron chi connectivity index (χ1n) is 8.97. The van der Waals surface area contributed by atoms with Gasteiger partial charge >= 0.3 is 12.0 Å². The van der Waals surface area contributed by atoms with Crippen LogP contribution in [0.15, 0.2) is 18.3 Å². The summed E-state index contributed by atoms with van der Waals surface area (Å²) in [4.78, 5) is 43.5. The molecule has 3 heterocycles. The number of piperidine rings is 1. The molecule has 2 saturated heterocycles. The fourth-order valence-corrected chi connectivity index (χ4v) is 3.84. The van der Waals surface area contributed by atoms with Crippen molar-refractivity contribution in [2.24, 2.45) is 11.8 Å². The van der Waals surface area contributed by atoms with Gasteiger partial charge in [-0.25, -0.2) is 19.5 Å². The van der Waals surface area contributed by atoms with Gasteiger partial charge in [0.2, 0.25) is 5.91 Å². The highest BCUT2D eigenvalue weighted by atomic mass is 16.4. The summed E-state index contributed by atoms with van der Waals surface area (Å²) in [6.07, 6.45) is 4.65. The maximum Gasteiger partial charge on any atom is 0.327 e. The van der Waals surface area contributed by atoms with Gasteiger partial charge in [-0.3, -0.25) is 4.79 Å². The second-order valence-electron chi connectivity index (χ2n) is 7.04. The molecular weight excluding hydrogens is 336 g/mol. The third kappa shape index (κ3) is 3.36. The zero-order chi connectivity index (χ0) is 18.8. The second-order valence-corrected chi connectivity index (χ2v) is 7.04. The number of hydrogen-bond acceptors (Lipinski definition) is 5. The Morgan fingerprint density at radius 1 is 1.42 bits per heavy atom. The maximum atomic E-state index is 12.8. The van der Waals surface area contributed by atoms with Crippen LogP contribution < -0.4 is 5.73 Å². The standard InChI is InChI=1S/C18H24N4O4/c1-2-11-4-3-7-21(10-11)18(26)22-15(17(24)25)13(16(22)23)8-12-5-6-20-14(19)9-12/h5-6,9,11,13,15H,2-4,7-8,10H2,1H3,(H2,19,20)(H,24,25)/t11-,13+,15-/m0/s1. The van der Waals surface area contributed by atoms with Crippen molar-refractivity contribution in [3.63, 3.8) is 0 Å². The Balaban J connectivity index is 1.73. The van der Waals surface area contributed by atoms with Crippen molar-refractivity contribution in [1.82, 2.24) is 14.8 Å². The van der Waals surface area contributed by atoms with E-state index < -0.39 is 29.9 Å². The van der Waals surface area contributed by atoms with Crippen molar-refractivity contribution >= 4 is 23.7 Å². The van der Waals surface area contributed by atoms with Crippen LogP contribution in [0.5, 0.6) is 0 Å². The Bertz CT molecular complexity index is 723. The first-order valence-corrected chi connectivity index (χ1v) is 8.97. The lowest BCUT2D eigenvalue weighted by atomic mass is 9.82. The number of carboxylic acids is 1. The minimum Gasteiger partial charge on any atom is -0.480 e. The predicted molar refractivity (Wildman–Crippen MR) is 94.1 cm³/mol. The molecule has 0 spiro atoms. The van der Waals surface area contributed by atoms with E-state index >= 15 is 0 Å². The van der Waals surface area contributed by atoms with E-state index in [4.69, 9.17) is 5.73 Å². The minimum atomic E-state index is -1.16. The second kappa shape index (κ2) is 7.31. The van der Waals surface area contributed by atoms with Crippen molar-refractivity contribution in [2.75, 3.05) is 18.8 Å². The normalized spacial score (nSPS) is 25.7. The van der Waals surface area contributed by atoms with Crippen LogP contribution in [0.4, 0.5) is 10.6 Å². The van der Waals surface area contributed by atoms with Crippen molar-refractivity contribution in [1.29, 1.82) is 0 Å². The summed E-state index contributed by atoms with van der Waals surface area (Å²) in [5.41, 5.74) is 6.37. The first kappa shape index (κ1) is 18.2. The SMILES string of the molecule is CC[C@H]1CCCN(C(=O)N2C(=O)[C@H](Cc3ccnc(N)c3)[C@H]2C(=O)O)C1. The molecule has 3 atom stereocenters. The number of nitrogens with zero attached hydrogens (tertiary/aromatic N) is 3. The number of aliphatic carboxylic acids is 1. The van der Waals surface area contributed by atoms with Crippen molar-refractivity contribution in [3.05, 3.63) is 23.9 Å². The van der Waals surface area contributed by atoms with Crippen LogP contribution >= 0.6 is 0 Å². The summed E-state index contributed by atoms with van der Waals surface area (Å²) in [5.74, 6) is -1.63. The number of hydrogen-bond donors (Lipinski definition) is 2. The monoisotopic (exact) mass is 360 g/mol. The van der Waals surface area contributed by atoms with Gasteiger partial charge in [0.05, 0.1) is 5.92 Å². The number of carbonyl (C=O) groups excluding carboxylic acids is 2. The molecule has 8 nitrogen and oxygen atoms in total. The largest absolute Gasteiger partial charge is 0.480 e. The zero-order valence-electron chi connectivity index (χ0n) is 14.8. The Morgan fingerprint density at radius 3 is 2.85 bits per heavy atom. The number of likely N-dealkylation sites (tertiary alicyclic amines) is 2. The van der Waals surface area contributed by atoms with E-state index in [1.807, 2.05) is 0 Å². The highest BCUT2D eigenvalue weighted by Crippen LogP contribution is 2.33. The van der Waals surface area contributed by atoms with Gasteiger partial charge in [-0.1, -0.05) is 13.3 Å². The number of nitrogen functional groups attached to an aromatic ring is 1. The third-order valence-electron chi connectivity index (χ3n) is 5.34. The molecule has 0 radical (unpaired) electrons. The van der Waals surface area contributed by atoms with Crippen LogP contribution in [0.1, 0.15) is 31.7 Å². The molecule has 3 N–H and O–H groups in total. The fraction of sp³-hybridized carbons (Fsp3) is 0.556. The maximum absolute atomic E-state index is 12.8. The lowest BCUT2D eigenvalue weighted by Crippen LogP contribution is -2.69. The number of amides is 3. The summed E-state index contributed by atoms with van der Waals surface area (Å²) in [7, 11) is 0. The number of carboxylic acid groups (broad SMARTS) is 1. The van der Waals surface area contributed by atoms with Crippen LogP contribution in [0.25, 0.3) is 0 Å². The van der Waals surface area contributed by atoms with Gasteiger partial charge in [0.1, 0.15) is 5.82 Å². The molecule has 2 fully saturated rings. The Kier molecular flexibility index (Phi) is 5.11. The quantitative estimate of drug-likeness (QED) is 0.783. The minimum absolute atomic E-state index is 0.226. The van der Waals surface area contributed by atoms with Gasteiger partial charge in [0, 0.05) is 19.3 Å². The molecule has 2 aliphatic rings. The topological polar surface area (TPSA) is 117 Å². The van der Waals surface area contributed by atoms with E-state index in [0.29, 0.717) is 24.8 Å². The Labute approximate surface area is 152 Å². The molecule has 140 valence electrons. The van der Waals surface area contributed by atoms with E-state index in [1.54, 1.807) is 17.0 Å². The van der Waals surface area contributed by atoms with E-state index in [9.17, 15) is 19.5 Å². The number of imide groups is 1. The van der Waals surface area contributed by atoms with E-state index in [-0.39, 0.29) is 6.42 Å². The molecule has 26 heavy (non-hydrogen) atoms. The summed E-state index contributed by atoms with van der Waals surface area (Å²) >= 11 is 0. The summed E-state index contributed by atoms with van der Waals surface area (Å²) < 4.78 is 0. The predicted octanol–water partition coefficient (Wildman–Crippen LogP) is 1.36. The Morgan fingerprint density at radius 2 is 2.19 bits per heavy atom. The summed E-state index contributed by atoms with van der Waals surface area (Å²) in [6, 6.07) is 1.70. The molecule has 3 amide bonds. The first-order chi connectivity index (χ1) is 12.4. The zero-order valence-corrected chi connectivity index (χ0v) is 14.8. The number of rotatable bonds is 4. The third-order valence-corrected chi connectivity index (χ3v) is 5.34. The van der Waals surface area contributed by atoms with Crippen LogP contribution in [0.3, 0.4) is 0 Å². The molecule has 8 heteroatoms. The van der Waals surface area contributed by atoms with Gasteiger partial charge in [0.15, 0.2) is 6.04 Å². The molecular formula is C18H24N4O4. The highest BCUT2D eigenvalue weighted by molar-refractivity contribution is 6.07. The van der Waals surface area contributed by atoms with Crippen molar-refractivity contribution in [2.45, 2.75) is 38.6 Å². The van der Waals surface area contributed by atoms with E-state index in [1.165, 1.54) is 6.20 Å². The number of aromatic nitrogens is 1. The van der Waals surface area contributed by atoms with Gasteiger partial charge < -0.3 is 15.7 Å². The van der Waals surface area contributed by atoms with Crippen LogP contribution in [-0.4, -0.2) is 56.9 Å². The molecule has 2 aliphatic heterocycles. The Hall–Kier alpha value is -2.64. The lowest BCUT2D eigenvalue weighted by molar-refractivity contribution is -0.166. The molecule has 0 unspecified atom stereocenters. The van der Waals surface area contributed by atoms with Gasteiger partial charge in [-0.2, -0.15) is 0 Å². The fourth-order valence-electron chi connectivity index (χ4n) is 3.84. The highest BCUT2D eigenvalue weighted by Gasteiger charge is 2.55. The summed E-state index contributed by atoms with van der Waals surface area (Å²) in [6.45, 7) is 3.22. The average molecular weight is 360 g/mol. The molecule has 0 aromatic carbocycles. The van der Waals surface area contributed by atoms with E-state index in [0.717, 1.165) is 29.7 Å². The smallest absolute Gasteiger partial charge is 0.327 e. The van der Waals surface area contributed by atoms with Crippen LogP contribution in [-0.2, 0) is 16.0 Å². The van der Waals surface area contributed by atoms with Gasteiger partial charge in [-0.05, 0) is 42.9 Å². The molecule has 0 saturated carbocycles. The van der Waals surface area contributed by atoms with Gasteiger partial charge in [0.25, 0.3) is 0 Å². The van der Waals surface area contributed by atoms with Crippen LogP contribution in [0, 0.1) is 11.8 Å². The number of nitrogens with two attached hydrogens (primary N) is 1. The number of β-lactam (4-membered cyclic amide) rings is 1. The van der Waals surface area contributed by atoms with Crippen LogP contribution in [0.2, 0.25) is 0 Å². The molecule has 0 bridgehead atoms. The number of carbonyl (C=O) groups is 3. The molecule has 0 aliphatic carbocycles.